The molecular weight excluding hydrogens is 520 g/mol. The number of hydrogen-bond acceptors (Lipinski definition) is 9. The van der Waals surface area contributed by atoms with E-state index in [-0.39, 0.29) is 43.8 Å². The molecule has 0 saturated carbocycles. The van der Waals surface area contributed by atoms with Gasteiger partial charge in [0.2, 0.25) is 0 Å². The Kier molecular flexibility index (Phi) is 20.5. The number of esters is 2. The van der Waals surface area contributed by atoms with E-state index in [4.69, 9.17) is 19.3 Å². The second-order valence-electron chi connectivity index (χ2n) is 10.8. The van der Waals surface area contributed by atoms with Crippen LogP contribution < -0.4 is 0 Å². The van der Waals surface area contributed by atoms with Crippen LogP contribution in [0.4, 0.5) is 0 Å². The summed E-state index contributed by atoms with van der Waals surface area (Å²) in [4.78, 5) is 21.1. The molecular formula is C30H58O8S. The fourth-order valence-corrected chi connectivity index (χ4v) is 6.11. The molecule has 0 aromatic heterocycles. The van der Waals surface area contributed by atoms with Crippen molar-refractivity contribution in [2.24, 2.45) is 35.5 Å². The number of ether oxygens (including phenoxy) is 5. The van der Waals surface area contributed by atoms with Crippen LogP contribution in [0.5, 0.6) is 0 Å². The van der Waals surface area contributed by atoms with Crippen LogP contribution in [-0.2, 0) is 33.3 Å². The molecule has 0 aromatic rings. The predicted molar refractivity (Wildman–Crippen MR) is 157 cm³/mol. The molecule has 2 saturated heterocycles. The molecule has 10 unspecified atom stereocenters. The van der Waals surface area contributed by atoms with Crippen LogP contribution in [0.2, 0.25) is 0 Å². The SMILES string of the molecule is CCC1OC(OCCC(=O)OC)C(C)C(C)C1C.CCSC1OC(CC)C(C)C(C)C1C.COC(=O)CCO. The number of carbonyl (C=O) groups excluding carboxylic acids is 2. The van der Waals surface area contributed by atoms with Gasteiger partial charge in [-0.3, -0.25) is 9.59 Å². The molecule has 2 aliphatic rings. The van der Waals surface area contributed by atoms with Crippen molar-refractivity contribution in [1.29, 1.82) is 0 Å². The van der Waals surface area contributed by atoms with Crippen molar-refractivity contribution in [3.05, 3.63) is 0 Å². The number of hydrogen-bond donors (Lipinski definition) is 1. The quantitative estimate of drug-likeness (QED) is 0.316. The lowest BCUT2D eigenvalue weighted by Gasteiger charge is -2.43. The van der Waals surface area contributed by atoms with Crippen LogP contribution in [0.25, 0.3) is 0 Å². The second-order valence-corrected chi connectivity index (χ2v) is 12.1. The van der Waals surface area contributed by atoms with Crippen LogP contribution in [0.1, 0.15) is 88.0 Å². The summed E-state index contributed by atoms with van der Waals surface area (Å²) in [5, 5.41) is 8.07. The third kappa shape index (κ3) is 13.1. The van der Waals surface area contributed by atoms with E-state index in [1.54, 1.807) is 0 Å². The predicted octanol–water partition coefficient (Wildman–Crippen LogP) is 5.93. The third-order valence-electron chi connectivity index (χ3n) is 8.46. The Labute approximate surface area is 242 Å². The lowest BCUT2D eigenvalue weighted by molar-refractivity contribution is -0.248. The van der Waals surface area contributed by atoms with Crippen molar-refractivity contribution < 1.29 is 38.4 Å². The van der Waals surface area contributed by atoms with Crippen molar-refractivity contribution in [2.75, 3.05) is 33.2 Å². The average molecular weight is 579 g/mol. The maximum atomic E-state index is 11.0. The van der Waals surface area contributed by atoms with E-state index < -0.39 is 0 Å². The normalized spacial score (nSPS) is 34.1. The fourth-order valence-electron chi connectivity index (χ4n) is 5.01. The fraction of sp³-hybridized carbons (Fsp3) is 0.933. The van der Waals surface area contributed by atoms with Crippen molar-refractivity contribution in [1.82, 2.24) is 0 Å². The first-order chi connectivity index (χ1) is 18.4. The first-order valence-electron chi connectivity index (χ1n) is 14.7. The standard InChI is InChI=1S/C14H26O4.C12H24OS.C4H8O3/c1-6-12-10(3)9(2)11(4)14(18-12)17-8-7-13(15)16-5;1-6-11-9(4)8(3)10(5)12(13-11)14-7-2;1-7-4(6)2-3-5/h9-12,14H,6-8H2,1-5H3;8-12H,6-7H2,1-5H3;5H,2-3H2,1H3. The number of rotatable bonds is 10. The van der Waals surface area contributed by atoms with Crippen molar-refractivity contribution in [3.63, 3.8) is 0 Å². The molecule has 8 nitrogen and oxygen atoms in total. The van der Waals surface area contributed by atoms with E-state index in [9.17, 15) is 9.59 Å². The minimum absolute atomic E-state index is 0.0938. The molecule has 0 aliphatic carbocycles. The molecule has 2 heterocycles. The zero-order valence-electron chi connectivity index (χ0n) is 26.4. The molecule has 0 aromatic carbocycles. The molecule has 39 heavy (non-hydrogen) atoms. The van der Waals surface area contributed by atoms with Gasteiger partial charge in [0.1, 0.15) is 5.44 Å². The van der Waals surface area contributed by atoms with Gasteiger partial charge in [0.15, 0.2) is 6.29 Å². The zero-order valence-corrected chi connectivity index (χ0v) is 27.3. The minimum Gasteiger partial charge on any atom is -0.469 e. The Morgan fingerprint density at radius 2 is 1.21 bits per heavy atom. The van der Waals surface area contributed by atoms with Crippen molar-refractivity contribution in [3.8, 4) is 0 Å². The van der Waals surface area contributed by atoms with Crippen molar-refractivity contribution in [2.45, 2.75) is 112 Å². The molecule has 2 rings (SSSR count). The lowest BCUT2D eigenvalue weighted by atomic mass is 9.78. The Balaban J connectivity index is 0.000000610. The third-order valence-corrected chi connectivity index (χ3v) is 9.66. The number of thioether (sulfide) groups is 1. The Hall–Kier alpha value is -0.870. The Morgan fingerprint density at radius 1 is 0.718 bits per heavy atom. The van der Waals surface area contributed by atoms with E-state index in [1.165, 1.54) is 14.2 Å². The molecule has 232 valence electrons. The van der Waals surface area contributed by atoms with E-state index >= 15 is 0 Å². The van der Waals surface area contributed by atoms with Gasteiger partial charge in [-0.05, 0) is 48.2 Å². The van der Waals surface area contributed by atoms with E-state index in [1.807, 2.05) is 11.8 Å². The van der Waals surface area contributed by atoms with Gasteiger partial charge in [-0.15, -0.1) is 11.8 Å². The van der Waals surface area contributed by atoms with Crippen LogP contribution in [0, 0.1) is 35.5 Å². The highest BCUT2D eigenvalue weighted by Crippen LogP contribution is 2.40. The van der Waals surface area contributed by atoms with E-state index in [2.05, 4.69) is 71.8 Å². The molecule has 0 bridgehead atoms. The summed E-state index contributed by atoms with van der Waals surface area (Å²) < 4.78 is 26.6. The van der Waals surface area contributed by atoms with Gasteiger partial charge in [-0.1, -0.05) is 62.3 Å². The van der Waals surface area contributed by atoms with Gasteiger partial charge in [0, 0.05) is 5.92 Å². The van der Waals surface area contributed by atoms with E-state index in [0.29, 0.717) is 47.7 Å². The average Bonchev–Trinajstić information content (AvgIpc) is 2.94. The van der Waals surface area contributed by atoms with Gasteiger partial charge >= 0.3 is 11.9 Å². The lowest BCUT2D eigenvalue weighted by Crippen LogP contribution is -2.45. The zero-order chi connectivity index (χ0) is 30.1. The van der Waals surface area contributed by atoms with Crippen LogP contribution in [0.3, 0.4) is 0 Å². The highest BCUT2D eigenvalue weighted by molar-refractivity contribution is 7.99. The summed E-state index contributed by atoms with van der Waals surface area (Å²) in [6.45, 7) is 20.5. The minimum atomic E-state index is -0.373. The molecule has 2 fully saturated rings. The van der Waals surface area contributed by atoms with Gasteiger partial charge in [-0.2, -0.15) is 0 Å². The molecule has 0 radical (unpaired) electrons. The largest absolute Gasteiger partial charge is 0.469 e. The molecule has 10 atom stereocenters. The number of aliphatic hydroxyl groups excluding tert-OH is 1. The monoisotopic (exact) mass is 578 g/mol. The van der Waals surface area contributed by atoms with Gasteiger partial charge < -0.3 is 28.8 Å². The Morgan fingerprint density at radius 3 is 1.64 bits per heavy atom. The molecule has 1 N–H and O–H groups in total. The Bertz CT molecular complexity index is 657. The van der Waals surface area contributed by atoms with Gasteiger partial charge in [-0.25, -0.2) is 0 Å². The number of methoxy groups -OCH3 is 2. The van der Waals surface area contributed by atoms with Crippen LogP contribution in [-0.4, -0.2) is 74.2 Å². The maximum Gasteiger partial charge on any atom is 0.307 e. The smallest absolute Gasteiger partial charge is 0.307 e. The van der Waals surface area contributed by atoms with Crippen LogP contribution in [0.15, 0.2) is 0 Å². The summed E-state index contributed by atoms with van der Waals surface area (Å²) in [6, 6.07) is 0. The second kappa shape index (κ2) is 20.9. The highest BCUT2D eigenvalue weighted by Gasteiger charge is 2.39. The topological polar surface area (TPSA) is 101 Å². The van der Waals surface area contributed by atoms with Gasteiger partial charge in [0.05, 0.1) is 52.5 Å². The molecule has 0 amide bonds. The summed E-state index contributed by atoms with van der Waals surface area (Å²) in [5.41, 5.74) is 0.427. The summed E-state index contributed by atoms with van der Waals surface area (Å²) in [5.74, 6) is 4.19. The molecule has 0 spiro atoms. The maximum absolute atomic E-state index is 11.0. The first kappa shape index (κ1) is 38.1. The number of carbonyl (C=O) groups is 2. The molecule has 9 heteroatoms. The van der Waals surface area contributed by atoms with Crippen LogP contribution >= 0.6 is 11.8 Å². The van der Waals surface area contributed by atoms with Crippen molar-refractivity contribution >= 4 is 23.7 Å². The number of aliphatic hydroxyl groups is 1. The summed E-state index contributed by atoms with van der Waals surface area (Å²) in [7, 11) is 2.68. The highest BCUT2D eigenvalue weighted by atomic mass is 32.2. The summed E-state index contributed by atoms with van der Waals surface area (Å²) in [6.07, 6.45) is 3.05. The molecule has 2 aliphatic heterocycles. The summed E-state index contributed by atoms with van der Waals surface area (Å²) >= 11 is 1.96. The van der Waals surface area contributed by atoms with Gasteiger partial charge in [0.25, 0.3) is 0 Å². The first-order valence-corrected chi connectivity index (χ1v) is 15.8. The van der Waals surface area contributed by atoms with E-state index in [0.717, 1.165) is 24.5 Å².